The fourth-order valence-electron chi connectivity index (χ4n) is 4.85. The second-order valence-electron chi connectivity index (χ2n) is 11.1. The molecule has 12 nitrogen and oxygen atoms in total. The first-order valence-electron chi connectivity index (χ1n) is 13.4. The number of carbonyl (C=O) groups excluding carboxylic acids is 2. The smallest absolute Gasteiger partial charge is 0.249 e. The number of aromatic nitrogens is 4. The molecule has 1 aliphatic rings. The Morgan fingerprint density at radius 1 is 0.929 bits per heavy atom. The summed E-state index contributed by atoms with van der Waals surface area (Å²) in [6.45, 7) is 6.40. The fraction of sp³-hybridized carbons (Fsp3) is 0.333. The first kappa shape index (κ1) is 29.1. The molecule has 2 amide bonds. The Morgan fingerprint density at radius 3 is 1.98 bits per heavy atom. The van der Waals surface area contributed by atoms with Crippen LogP contribution < -0.4 is 11.5 Å². The van der Waals surface area contributed by atoms with Gasteiger partial charge in [0, 0.05) is 0 Å². The number of nitrogens with two attached hydrogens (primary N) is 2. The molecule has 1 saturated heterocycles. The summed E-state index contributed by atoms with van der Waals surface area (Å²) in [7, 11) is 0. The topological polar surface area (TPSA) is 191 Å². The molecular formula is C30H34N6O6. The molecular weight excluding hydrogens is 540 g/mol. The first-order chi connectivity index (χ1) is 19.8. The summed E-state index contributed by atoms with van der Waals surface area (Å²) in [5.74, 6) is -2.73. The highest BCUT2D eigenvalue weighted by Gasteiger charge is 2.46. The lowest BCUT2D eigenvalue weighted by Crippen LogP contribution is -2.33. The van der Waals surface area contributed by atoms with Crippen LogP contribution in [0.15, 0.2) is 60.9 Å². The standard InChI is InChI=1S/C30H34N6O6/c1-29(2,39)40-22(13-23(31)37)27-33-14-20(35-27)18-9-5-16(6-10-18)17-7-11-19(12-8-17)21-15-34-28(36-21)25-24(26(32)38)41-30(3,4)42-25/h5-12,14-15,22,24-25,39H,13H2,1-4H3,(H2,31,37)(H2,32,38)(H,33,35)(H,34,36). The number of hydrogen-bond acceptors (Lipinski definition) is 8. The van der Waals surface area contributed by atoms with Crippen molar-refractivity contribution in [1.82, 2.24) is 19.9 Å². The Bertz CT molecular complexity index is 1570. The zero-order valence-electron chi connectivity index (χ0n) is 23.8. The molecule has 42 heavy (non-hydrogen) atoms. The van der Waals surface area contributed by atoms with Crippen LogP contribution >= 0.6 is 0 Å². The molecule has 1 fully saturated rings. The predicted molar refractivity (Wildman–Crippen MR) is 153 cm³/mol. The number of nitrogens with one attached hydrogen (secondary N) is 2. The van der Waals surface area contributed by atoms with Crippen molar-refractivity contribution in [3.8, 4) is 33.6 Å². The van der Waals surface area contributed by atoms with Crippen LogP contribution in [0.1, 0.15) is 58.0 Å². The van der Waals surface area contributed by atoms with Gasteiger partial charge in [0.1, 0.15) is 17.8 Å². The number of aromatic amines is 2. The summed E-state index contributed by atoms with van der Waals surface area (Å²) in [5, 5.41) is 10.1. The predicted octanol–water partition coefficient (Wildman–Crippen LogP) is 3.47. The van der Waals surface area contributed by atoms with E-state index >= 15 is 0 Å². The molecule has 2 aromatic heterocycles. The van der Waals surface area contributed by atoms with Crippen LogP contribution in [0.25, 0.3) is 33.6 Å². The second kappa shape index (κ2) is 11.1. The zero-order chi connectivity index (χ0) is 30.2. The third-order valence-electron chi connectivity index (χ3n) is 6.68. The minimum Gasteiger partial charge on any atom is -0.370 e. The van der Waals surface area contributed by atoms with E-state index in [-0.39, 0.29) is 6.42 Å². The van der Waals surface area contributed by atoms with E-state index in [1.54, 1.807) is 26.2 Å². The normalized spacial score (nSPS) is 19.1. The third-order valence-corrected chi connectivity index (χ3v) is 6.68. The van der Waals surface area contributed by atoms with Gasteiger partial charge in [0.2, 0.25) is 11.8 Å². The molecule has 0 saturated carbocycles. The molecule has 1 aliphatic heterocycles. The van der Waals surface area contributed by atoms with Crippen LogP contribution in [-0.2, 0) is 23.8 Å². The number of rotatable bonds is 10. The van der Waals surface area contributed by atoms with Crippen molar-refractivity contribution >= 4 is 11.8 Å². The second-order valence-corrected chi connectivity index (χ2v) is 11.1. The van der Waals surface area contributed by atoms with Gasteiger partial charge < -0.3 is 40.8 Å². The number of aliphatic hydroxyl groups is 1. The minimum atomic E-state index is -1.46. The van der Waals surface area contributed by atoms with E-state index in [0.717, 1.165) is 33.6 Å². The summed E-state index contributed by atoms with van der Waals surface area (Å²) in [6.07, 6.45) is 0.740. The number of imidazole rings is 2. The highest BCUT2D eigenvalue weighted by atomic mass is 16.8. The molecule has 4 aromatic rings. The van der Waals surface area contributed by atoms with Crippen LogP contribution in [0.3, 0.4) is 0 Å². The summed E-state index contributed by atoms with van der Waals surface area (Å²) in [5.41, 5.74) is 16.2. The van der Waals surface area contributed by atoms with E-state index < -0.39 is 41.7 Å². The molecule has 7 N–H and O–H groups in total. The maximum atomic E-state index is 11.9. The SMILES string of the molecule is CC(C)(O)OC(CC(N)=O)c1ncc(-c2ccc(-c3ccc(-c4cnc(C5OC(C)(C)OC5C(N)=O)[nH]4)cc3)cc2)[nH]1. The van der Waals surface area contributed by atoms with Gasteiger partial charge in [-0.15, -0.1) is 0 Å². The number of primary amides is 2. The Hall–Kier alpha value is -4.36. The van der Waals surface area contributed by atoms with E-state index in [0.29, 0.717) is 11.6 Å². The van der Waals surface area contributed by atoms with Crippen molar-refractivity contribution in [3.05, 3.63) is 72.6 Å². The number of carbonyl (C=O) groups is 2. The van der Waals surface area contributed by atoms with Crippen molar-refractivity contribution in [2.45, 2.75) is 64.0 Å². The molecule has 2 aromatic carbocycles. The van der Waals surface area contributed by atoms with Gasteiger partial charge in [-0.25, -0.2) is 9.97 Å². The quantitative estimate of drug-likeness (QED) is 0.178. The number of hydrogen-bond donors (Lipinski definition) is 5. The zero-order valence-corrected chi connectivity index (χ0v) is 23.8. The average Bonchev–Trinajstić information content (AvgIpc) is 3.66. The molecule has 0 radical (unpaired) electrons. The van der Waals surface area contributed by atoms with Gasteiger partial charge in [-0.05, 0) is 49.9 Å². The van der Waals surface area contributed by atoms with Crippen molar-refractivity contribution in [2.24, 2.45) is 11.5 Å². The van der Waals surface area contributed by atoms with E-state index in [2.05, 4.69) is 19.9 Å². The lowest BCUT2D eigenvalue weighted by Gasteiger charge is -2.24. The van der Waals surface area contributed by atoms with Gasteiger partial charge >= 0.3 is 0 Å². The van der Waals surface area contributed by atoms with Crippen molar-refractivity contribution in [2.75, 3.05) is 0 Å². The Kier molecular flexibility index (Phi) is 7.73. The Balaban J connectivity index is 1.29. The molecule has 12 heteroatoms. The average molecular weight is 575 g/mol. The summed E-state index contributed by atoms with van der Waals surface area (Å²) in [6, 6.07) is 15.9. The van der Waals surface area contributed by atoms with Crippen LogP contribution in [0.2, 0.25) is 0 Å². The van der Waals surface area contributed by atoms with E-state index in [4.69, 9.17) is 25.7 Å². The molecule has 3 unspecified atom stereocenters. The fourth-order valence-corrected chi connectivity index (χ4v) is 4.85. The van der Waals surface area contributed by atoms with E-state index in [1.165, 1.54) is 13.8 Å². The van der Waals surface area contributed by atoms with Crippen LogP contribution in [0.4, 0.5) is 0 Å². The van der Waals surface area contributed by atoms with Crippen molar-refractivity contribution < 1.29 is 28.9 Å². The van der Waals surface area contributed by atoms with Crippen LogP contribution in [0, 0.1) is 0 Å². The number of amides is 2. The highest BCUT2D eigenvalue weighted by Crippen LogP contribution is 2.38. The molecule has 0 spiro atoms. The van der Waals surface area contributed by atoms with Crippen molar-refractivity contribution in [3.63, 3.8) is 0 Å². The summed E-state index contributed by atoms with van der Waals surface area (Å²) >= 11 is 0. The lowest BCUT2D eigenvalue weighted by molar-refractivity contribution is -0.210. The summed E-state index contributed by atoms with van der Waals surface area (Å²) in [4.78, 5) is 38.6. The van der Waals surface area contributed by atoms with Gasteiger partial charge in [-0.2, -0.15) is 0 Å². The molecule has 5 rings (SSSR count). The molecule has 220 valence electrons. The van der Waals surface area contributed by atoms with Gasteiger partial charge in [0.15, 0.2) is 23.8 Å². The maximum Gasteiger partial charge on any atom is 0.249 e. The summed E-state index contributed by atoms with van der Waals surface area (Å²) < 4.78 is 17.1. The molecule has 3 atom stereocenters. The number of benzene rings is 2. The number of ether oxygens (including phenoxy) is 3. The minimum absolute atomic E-state index is 0.124. The lowest BCUT2D eigenvalue weighted by atomic mass is 10.0. The largest absolute Gasteiger partial charge is 0.370 e. The first-order valence-corrected chi connectivity index (χ1v) is 13.4. The Morgan fingerprint density at radius 2 is 1.45 bits per heavy atom. The molecule has 3 heterocycles. The maximum absolute atomic E-state index is 11.9. The van der Waals surface area contributed by atoms with Gasteiger partial charge in [0.05, 0.1) is 30.2 Å². The number of nitrogens with zero attached hydrogens (tertiary/aromatic N) is 2. The highest BCUT2D eigenvalue weighted by molar-refractivity contribution is 5.80. The van der Waals surface area contributed by atoms with Gasteiger partial charge in [-0.1, -0.05) is 48.5 Å². The van der Waals surface area contributed by atoms with Gasteiger partial charge in [-0.3, -0.25) is 9.59 Å². The molecule has 0 bridgehead atoms. The van der Waals surface area contributed by atoms with E-state index in [1.807, 2.05) is 48.5 Å². The molecule has 0 aliphatic carbocycles. The van der Waals surface area contributed by atoms with E-state index in [9.17, 15) is 14.7 Å². The van der Waals surface area contributed by atoms with Gasteiger partial charge in [0.25, 0.3) is 0 Å². The monoisotopic (exact) mass is 574 g/mol. The number of H-pyrrole nitrogens is 2. The van der Waals surface area contributed by atoms with Crippen molar-refractivity contribution in [1.29, 1.82) is 0 Å². The Labute approximate surface area is 242 Å². The third kappa shape index (κ3) is 6.58. The van der Waals surface area contributed by atoms with Crippen LogP contribution in [-0.4, -0.2) is 54.5 Å². The van der Waals surface area contributed by atoms with Crippen LogP contribution in [0.5, 0.6) is 0 Å².